The van der Waals surface area contributed by atoms with Gasteiger partial charge in [0.25, 0.3) is 5.91 Å². The molecule has 132 valence electrons. The highest BCUT2D eigenvalue weighted by Crippen LogP contribution is 2.29. The van der Waals surface area contributed by atoms with Crippen molar-refractivity contribution in [3.63, 3.8) is 0 Å². The average molecular weight is 373 g/mol. The third-order valence-corrected chi connectivity index (χ3v) is 4.90. The minimum absolute atomic E-state index is 0. The lowest BCUT2D eigenvalue weighted by molar-refractivity contribution is 0.0693. The Labute approximate surface area is 152 Å². The quantitative estimate of drug-likeness (QED) is 0.852. The Bertz CT molecular complexity index is 618. The van der Waals surface area contributed by atoms with Crippen LogP contribution < -0.4 is 16.0 Å². The van der Waals surface area contributed by atoms with Gasteiger partial charge in [-0.1, -0.05) is 11.6 Å². The van der Waals surface area contributed by atoms with E-state index >= 15 is 0 Å². The van der Waals surface area contributed by atoms with Gasteiger partial charge < -0.3 is 16.0 Å². The van der Waals surface area contributed by atoms with Crippen LogP contribution in [0, 0.1) is 5.92 Å². The van der Waals surface area contributed by atoms with E-state index in [1.807, 2.05) is 4.90 Å². The van der Waals surface area contributed by atoms with Crippen LogP contribution in [0.3, 0.4) is 0 Å². The number of hydrogen-bond acceptors (Lipinski definition) is 3. The number of carbonyl (C=O) groups is 2. The van der Waals surface area contributed by atoms with E-state index in [9.17, 15) is 9.59 Å². The summed E-state index contributed by atoms with van der Waals surface area (Å²) in [6, 6.07) is 4.93. The zero-order chi connectivity index (χ0) is 16.4. The fourth-order valence-corrected chi connectivity index (χ4v) is 3.33. The van der Waals surface area contributed by atoms with Crippen molar-refractivity contribution in [1.82, 2.24) is 10.2 Å². The summed E-state index contributed by atoms with van der Waals surface area (Å²) in [4.78, 5) is 27.9. The number of likely N-dealkylation sites (tertiary alicyclic amines) is 1. The predicted molar refractivity (Wildman–Crippen MR) is 97.1 cm³/mol. The summed E-state index contributed by atoms with van der Waals surface area (Å²) < 4.78 is 0. The van der Waals surface area contributed by atoms with Crippen LogP contribution in [0.15, 0.2) is 18.2 Å². The molecule has 2 saturated heterocycles. The van der Waals surface area contributed by atoms with Crippen molar-refractivity contribution in [1.29, 1.82) is 0 Å². The number of carbonyl (C=O) groups excluding carboxylic acids is 2. The molecule has 1 aromatic carbocycles. The number of amides is 3. The largest absolute Gasteiger partial charge is 0.339 e. The molecule has 2 fully saturated rings. The molecule has 0 aromatic heterocycles. The van der Waals surface area contributed by atoms with Gasteiger partial charge in [0, 0.05) is 31.7 Å². The van der Waals surface area contributed by atoms with E-state index in [1.165, 1.54) is 0 Å². The molecule has 0 aliphatic carbocycles. The van der Waals surface area contributed by atoms with E-state index in [0.717, 1.165) is 25.9 Å². The molecule has 8 heteroatoms. The highest BCUT2D eigenvalue weighted by molar-refractivity contribution is 6.34. The van der Waals surface area contributed by atoms with Gasteiger partial charge in [-0.15, -0.1) is 12.4 Å². The number of urea groups is 1. The molecule has 2 aliphatic heterocycles. The van der Waals surface area contributed by atoms with Crippen LogP contribution in [0.25, 0.3) is 0 Å². The molecule has 2 aliphatic rings. The van der Waals surface area contributed by atoms with Crippen molar-refractivity contribution in [2.45, 2.75) is 12.8 Å². The number of nitrogens with zero attached hydrogens (tertiary/aromatic N) is 2. The van der Waals surface area contributed by atoms with Crippen LogP contribution >= 0.6 is 24.0 Å². The molecule has 0 saturated carbocycles. The fraction of sp³-hybridized carbons (Fsp3) is 0.500. The molecular formula is C16H22Cl2N4O2. The molecule has 0 atom stereocenters. The zero-order valence-electron chi connectivity index (χ0n) is 13.3. The lowest BCUT2D eigenvalue weighted by Gasteiger charge is -2.31. The highest BCUT2D eigenvalue weighted by atomic mass is 35.5. The maximum Gasteiger partial charge on any atom is 0.322 e. The van der Waals surface area contributed by atoms with Crippen molar-refractivity contribution in [2.75, 3.05) is 37.6 Å². The Kier molecular flexibility index (Phi) is 6.32. The molecule has 24 heavy (non-hydrogen) atoms. The number of nitrogens with two attached hydrogens (primary N) is 1. The average Bonchev–Trinajstić information content (AvgIpc) is 3.00. The standard InChI is InChI=1S/C16H21ClN4O2.ClH/c17-13-2-1-12(9-14(13)21-8-5-19-16(21)23)15(22)20-6-3-11(10-18)4-7-20;/h1-2,9,11H,3-8,10,18H2,(H,19,23);1H. The van der Waals surface area contributed by atoms with E-state index in [1.54, 1.807) is 23.1 Å². The minimum atomic E-state index is -0.180. The smallest absolute Gasteiger partial charge is 0.322 e. The number of rotatable bonds is 3. The van der Waals surface area contributed by atoms with Gasteiger partial charge in [-0.3, -0.25) is 9.69 Å². The predicted octanol–water partition coefficient (Wildman–Crippen LogP) is 2.10. The Balaban J connectivity index is 0.00000208. The van der Waals surface area contributed by atoms with E-state index in [2.05, 4.69) is 5.32 Å². The molecule has 3 amide bonds. The van der Waals surface area contributed by atoms with E-state index in [4.69, 9.17) is 17.3 Å². The molecule has 6 nitrogen and oxygen atoms in total. The third-order valence-electron chi connectivity index (χ3n) is 4.58. The molecule has 0 unspecified atom stereocenters. The van der Waals surface area contributed by atoms with Crippen molar-refractivity contribution in [3.8, 4) is 0 Å². The van der Waals surface area contributed by atoms with Gasteiger partial charge in [0.1, 0.15) is 0 Å². The summed E-state index contributed by atoms with van der Waals surface area (Å²) in [5, 5.41) is 3.21. The van der Waals surface area contributed by atoms with Crippen LogP contribution in [0.4, 0.5) is 10.5 Å². The van der Waals surface area contributed by atoms with E-state index in [0.29, 0.717) is 41.8 Å². The summed E-state index contributed by atoms with van der Waals surface area (Å²) in [5.41, 5.74) is 6.85. The molecule has 2 heterocycles. The molecule has 0 radical (unpaired) electrons. The van der Waals surface area contributed by atoms with Crippen LogP contribution in [0.2, 0.25) is 5.02 Å². The lowest BCUT2D eigenvalue weighted by Crippen LogP contribution is -2.40. The van der Waals surface area contributed by atoms with Gasteiger partial charge >= 0.3 is 6.03 Å². The van der Waals surface area contributed by atoms with Gasteiger partial charge in [0.2, 0.25) is 0 Å². The zero-order valence-corrected chi connectivity index (χ0v) is 14.9. The summed E-state index contributed by atoms with van der Waals surface area (Å²) in [5.74, 6) is 0.492. The van der Waals surface area contributed by atoms with Gasteiger partial charge in [0.05, 0.1) is 10.7 Å². The van der Waals surface area contributed by atoms with Crippen LogP contribution in [-0.4, -0.2) is 49.6 Å². The van der Waals surface area contributed by atoms with Gasteiger partial charge in [-0.25, -0.2) is 4.79 Å². The minimum Gasteiger partial charge on any atom is -0.339 e. The third kappa shape index (κ3) is 3.77. The molecule has 0 bridgehead atoms. The Hall–Kier alpha value is -1.50. The summed E-state index contributed by atoms with van der Waals surface area (Å²) in [6.07, 6.45) is 1.88. The first-order chi connectivity index (χ1) is 11.1. The normalized spacial score (nSPS) is 18.3. The second kappa shape index (κ2) is 8.05. The molecule has 3 N–H and O–H groups in total. The molecule has 3 rings (SSSR count). The number of piperidine rings is 1. The van der Waals surface area contributed by atoms with Crippen molar-refractivity contribution >= 4 is 41.6 Å². The van der Waals surface area contributed by atoms with Gasteiger partial charge in [0.15, 0.2) is 0 Å². The molecule has 1 aromatic rings. The first-order valence-corrected chi connectivity index (χ1v) is 8.32. The number of anilines is 1. The fourth-order valence-electron chi connectivity index (χ4n) is 3.11. The van der Waals surface area contributed by atoms with E-state index < -0.39 is 0 Å². The number of nitrogens with one attached hydrogen (secondary N) is 1. The lowest BCUT2D eigenvalue weighted by atomic mass is 9.96. The van der Waals surface area contributed by atoms with Gasteiger partial charge in [-0.2, -0.15) is 0 Å². The highest BCUT2D eigenvalue weighted by Gasteiger charge is 2.26. The maximum absolute atomic E-state index is 12.7. The van der Waals surface area contributed by atoms with E-state index in [-0.39, 0.29) is 24.3 Å². The van der Waals surface area contributed by atoms with Crippen LogP contribution in [0.1, 0.15) is 23.2 Å². The second-order valence-corrected chi connectivity index (χ2v) is 6.43. The van der Waals surface area contributed by atoms with Crippen molar-refractivity contribution < 1.29 is 9.59 Å². The SMILES string of the molecule is Cl.NCC1CCN(C(=O)c2ccc(Cl)c(N3CCNC3=O)c2)CC1. The monoisotopic (exact) mass is 372 g/mol. The number of hydrogen-bond donors (Lipinski definition) is 2. The first kappa shape index (κ1) is 18.8. The van der Waals surface area contributed by atoms with Crippen molar-refractivity contribution in [2.24, 2.45) is 11.7 Å². The second-order valence-electron chi connectivity index (χ2n) is 6.02. The number of benzene rings is 1. The maximum atomic E-state index is 12.7. The molecule has 0 spiro atoms. The summed E-state index contributed by atoms with van der Waals surface area (Å²) in [6.45, 7) is 3.26. The number of halogens is 2. The molecular weight excluding hydrogens is 351 g/mol. The summed E-state index contributed by atoms with van der Waals surface area (Å²) in [7, 11) is 0. The summed E-state index contributed by atoms with van der Waals surface area (Å²) >= 11 is 6.21. The Morgan fingerprint density at radius 1 is 1.29 bits per heavy atom. The van der Waals surface area contributed by atoms with Crippen LogP contribution in [0.5, 0.6) is 0 Å². The Morgan fingerprint density at radius 2 is 2.00 bits per heavy atom. The van der Waals surface area contributed by atoms with Gasteiger partial charge in [-0.05, 0) is 43.5 Å². The Morgan fingerprint density at radius 3 is 2.58 bits per heavy atom. The topological polar surface area (TPSA) is 78.7 Å². The van der Waals surface area contributed by atoms with Crippen molar-refractivity contribution in [3.05, 3.63) is 28.8 Å². The van der Waals surface area contributed by atoms with Crippen LogP contribution in [-0.2, 0) is 0 Å². The first-order valence-electron chi connectivity index (χ1n) is 7.94.